The van der Waals surface area contributed by atoms with Crippen molar-refractivity contribution in [1.82, 2.24) is 10.2 Å². The Kier molecular flexibility index (Phi) is 5.36. The third-order valence-electron chi connectivity index (χ3n) is 5.84. The maximum absolute atomic E-state index is 5.90. The average Bonchev–Trinajstić information content (AvgIpc) is 2.53. The molecule has 3 rings (SSSR count). The van der Waals surface area contributed by atoms with Gasteiger partial charge in [0.15, 0.2) is 0 Å². The monoisotopic (exact) mass is 280 g/mol. The summed E-state index contributed by atoms with van der Waals surface area (Å²) in [7, 11) is 0. The zero-order valence-corrected chi connectivity index (χ0v) is 13.2. The first-order chi connectivity index (χ1) is 9.85. The zero-order chi connectivity index (χ0) is 13.8. The highest BCUT2D eigenvalue weighted by Gasteiger charge is 2.32. The Morgan fingerprint density at radius 1 is 1.10 bits per heavy atom. The van der Waals surface area contributed by atoms with E-state index >= 15 is 0 Å². The lowest BCUT2D eigenvalue weighted by Gasteiger charge is -2.40. The Morgan fingerprint density at radius 2 is 1.95 bits per heavy atom. The Labute approximate surface area is 124 Å². The van der Waals surface area contributed by atoms with Crippen LogP contribution in [0.3, 0.4) is 0 Å². The van der Waals surface area contributed by atoms with Crippen LogP contribution >= 0.6 is 0 Å². The molecular weight excluding hydrogens is 248 g/mol. The summed E-state index contributed by atoms with van der Waals surface area (Å²) < 4.78 is 5.90. The van der Waals surface area contributed by atoms with E-state index < -0.39 is 0 Å². The molecule has 2 aliphatic carbocycles. The minimum Gasteiger partial charge on any atom is -0.374 e. The van der Waals surface area contributed by atoms with Gasteiger partial charge in [-0.3, -0.25) is 4.90 Å². The summed E-state index contributed by atoms with van der Waals surface area (Å²) in [6, 6.07) is 0.759. The molecule has 20 heavy (non-hydrogen) atoms. The van der Waals surface area contributed by atoms with Gasteiger partial charge in [-0.2, -0.15) is 0 Å². The van der Waals surface area contributed by atoms with E-state index in [2.05, 4.69) is 17.1 Å². The van der Waals surface area contributed by atoms with E-state index in [1.807, 2.05) is 0 Å². The second kappa shape index (κ2) is 7.24. The van der Waals surface area contributed by atoms with E-state index in [0.717, 1.165) is 50.7 Å². The minimum atomic E-state index is 0.410. The summed E-state index contributed by atoms with van der Waals surface area (Å²) in [6.07, 6.45) is 10.7. The van der Waals surface area contributed by atoms with Gasteiger partial charge in [-0.1, -0.05) is 32.6 Å². The van der Waals surface area contributed by atoms with Gasteiger partial charge in [0.2, 0.25) is 0 Å². The molecule has 0 radical (unpaired) electrons. The largest absolute Gasteiger partial charge is 0.374 e. The van der Waals surface area contributed by atoms with E-state index in [9.17, 15) is 0 Å². The number of likely N-dealkylation sites (N-methyl/N-ethyl adjacent to an activating group) is 1. The van der Waals surface area contributed by atoms with Gasteiger partial charge in [0.05, 0.1) is 12.7 Å². The maximum atomic E-state index is 5.90. The van der Waals surface area contributed by atoms with Crippen molar-refractivity contribution in [2.75, 3.05) is 32.8 Å². The first kappa shape index (κ1) is 14.8. The molecule has 3 fully saturated rings. The van der Waals surface area contributed by atoms with Gasteiger partial charge in [0.25, 0.3) is 0 Å². The molecule has 0 amide bonds. The summed E-state index contributed by atoms with van der Waals surface area (Å²) in [5, 5.41) is 3.82. The van der Waals surface area contributed by atoms with Gasteiger partial charge in [0, 0.05) is 25.7 Å². The van der Waals surface area contributed by atoms with Crippen LogP contribution in [-0.2, 0) is 4.74 Å². The highest BCUT2D eigenvalue weighted by atomic mass is 16.5. The van der Waals surface area contributed by atoms with Crippen molar-refractivity contribution in [2.24, 2.45) is 11.8 Å². The molecular formula is C17H32N2O. The van der Waals surface area contributed by atoms with Crippen molar-refractivity contribution in [3.63, 3.8) is 0 Å². The number of nitrogens with one attached hydrogen (secondary N) is 1. The van der Waals surface area contributed by atoms with Gasteiger partial charge < -0.3 is 10.1 Å². The van der Waals surface area contributed by atoms with Crippen LogP contribution in [0.15, 0.2) is 0 Å². The lowest BCUT2D eigenvalue weighted by molar-refractivity contribution is -0.0276. The Morgan fingerprint density at radius 3 is 2.80 bits per heavy atom. The number of fused-ring (bicyclic) bond motifs is 1. The van der Waals surface area contributed by atoms with E-state index in [-0.39, 0.29) is 0 Å². The molecule has 1 heterocycles. The van der Waals surface area contributed by atoms with Crippen LogP contribution in [0, 0.1) is 11.8 Å². The Balaban J connectivity index is 1.40. The van der Waals surface area contributed by atoms with E-state index in [1.165, 1.54) is 44.9 Å². The van der Waals surface area contributed by atoms with Crippen molar-refractivity contribution < 1.29 is 4.74 Å². The van der Waals surface area contributed by atoms with Crippen LogP contribution < -0.4 is 5.32 Å². The third kappa shape index (κ3) is 3.75. The van der Waals surface area contributed by atoms with Crippen molar-refractivity contribution >= 4 is 0 Å². The first-order valence-electron chi connectivity index (χ1n) is 8.92. The molecule has 1 saturated heterocycles. The molecule has 4 atom stereocenters. The van der Waals surface area contributed by atoms with Gasteiger partial charge in [-0.15, -0.1) is 0 Å². The summed E-state index contributed by atoms with van der Waals surface area (Å²) >= 11 is 0. The molecule has 116 valence electrons. The smallest absolute Gasteiger partial charge is 0.0826 e. The van der Waals surface area contributed by atoms with Crippen LogP contribution in [0.25, 0.3) is 0 Å². The summed E-state index contributed by atoms with van der Waals surface area (Å²) in [4.78, 5) is 2.51. The number of rotatable bonds is 4. The fourth-order valence-electron chi connectivity index (χ4n) is 4.55. The molecule has 0 aromatic heterocycles. The van der Waals surface area contributed by atoms with Crippen LogP contribution in [-0.4, -0.2) is 49.8 Å². The fourth-order valence-corrected chi connectivity index (χ4v) is 4.55. The summed E-state index contributed by atoms with van der Waals surface area (Å²) in [5.74, 6) is 2.08. The highest BCUT2D eigenvalue weighted by Crippen LogP contribution is 2.40. The standard InChI is InChI=1S/C17H32N2O/c1-2-19-9-10-20-17(13-19)12-18-16-8-7-14-5-3-4-6-15(14)11-16/h14-18H,2-13H2,1H3. The van der Waals surface area contributed by atoms with E-state index in [1.54, 1.807) is 0 Å². The topological polar surface area (TPSA) is 24.5 Å². The second-order valence-corrected chi connectivity index (χ2v) is 7.11. The number of hydrogen-bond acceptors (Lipinski definition) is 3. The molecule has 2 saturated carbocycles. The van der Waals surface area contributed by atoms with E-state index in [4.69, 9.17) is 4.74 Å². The first-order valence-corrected chi connectivity index (χ1v) is 8.92. The van der Waals surface area contributed by atoms with Gasteiger partial charge in [-0.25, -0.2) is 0 Å². The molecule has 0 spiro atoms. The van der Waals surface area contributed by atoms with Gasteiger partial charge >= 0.3 is 0 Å². The molecule has 0 aromatic carbocycles. The number of morpholine rings is 1. The van der Waals surface area contributed by atoms with Crippen LogP contribution in [0.5, 0.6) is 0 Å². The highest BCUT2D eigenvalue weighted by molar-refractivity contribution is 4.87. The molecule has 3 nitrogen and oxygen atoms in total. The number of ether oxygens (including phenoxy) is 1. The lowest BCUT2D eigenvalue weighted by Crippen LogP contribution is -2.49. The molecule has 4 unspecified atom stereocenters. The molecule has 1 aliphatic heterocycles. The van der Waals surface area contributed by atoms with Crippen molar-refractivity contribution in [1.29, 1.82) is 0 Å². The summed E-state index contributed by atoms with van der Waals surface area (Å²) in [6.45, 7) is 7.60. The fraction of sp³-hybridized carbons (Fsp3) is 1.00. The molecule has 3 heteroatoms. The van der Waals surface area contributed by atoms with Crippen molar-refractivity contribution in [2.45, 2.75) is 64.0 Å². The van der Waals surface area contributed by atoms with Crippen LogP contribution in [0.2, 0.25) is 0 Å². The maximum Gasteiger partial charge on any atom is 0.0826 e. The SMILES string of the molecule is CCN1CCOC(CNC2CCC3CCCCC3C2)C1. The summed E-state index contributed by atoms with van der Waals surface area (Å²) in [5.41, 5.74) is 0. The van der Waals surface area contributed by atoms with Crippen LogP contribution in [0.1, 0.15) is 51.9 Å². The Hall–Kier alpha value is -0.120. The lowest BCUT2D eigenvalue weighted by atomic mass is 9.69. The Bertz CT molecular complexity index is 297. The minimum absolute atomic E-state index is 0.410. The van der Waals surface area contributed by atoms with E-state index in [0.29, 0.717) is 6.10 Å². The van der Waals surface area contributed by atoms with Gasteiger partial charge in [-0.05, 0) is 37.6 Å². The normalized spacial score (nSPS) is 39.5. The second-order valence-electron chi connectivity index (χ2n) is 7.11. The molecule has 0 aromatic rings. The van der Waals surface area contributed by atoms with Gasteiger partial charge in [0.1, 0.15) is 0 Å². The van der Waals surface area contributed by atoms with Crippen molar-refractivity contribution in [3.8, 4) is 0 Å². The number of hydrogen-bond donors (Lipinski definition) is 1. The zero-order valence-electron chi connectivity index (χ0n) is 13.2. The molecule has 1 N–H and O–H groups in total. The molecule has 3 aliphatic rings. The predicted molar refractivity (Wildman–Crippen MR) is 82.9 cm³/mol. The quantitative estimate of drug-likeness (QED) is 0.857. The predicted octanol–water partition coefficient (Wildman–Crippen LogP) is 2.66. The van der Waals surface area contributed by atoms with Crippen LogP contribution in [0.4, 0.5) is 0 Å². The third-order valence-corrected chi connectivity index (χ3v) is 5.84. The van der Waals surface area contributed by atoms with Crippen molar-refractivity contribution in [3.05, 3.63) is 0 Å². The molecule has 0 bridgehead atoms. The number of nitrogens with zero attached hydrogens (tertiary/aromatic N) is 1. The average molecular weight is 280 g/mol.